The van der Waals surface area contributed by atoms with E-state index in [9.17, 15) is 0 Å². The Morgan fingerprint density at radius 3 is 2.67 bits per heavy atom. The minimum Gasteiger partial charge on any atom is -0.354 e. The maximum atomic E-state index is 4.33. The maximum absolute atomic E-state index is 4.33. The van der Waals surface area contributed by atoms with Crippen LogP contribution in [0.4, 0.5) is 0 Å². The molecule has 3 heteroatoms. The van der Waals surface area contributed by atoms with Gasteiger partial charge in [-0.05, 0) is 12.1 Å². The van der Waals surface area contributed by atoms with Gasteiger partial charge in [-0.15, -0.1) is 0 Å². The van der Waals surface area contributed by atoms with Gasteiger partial charge in [-0.2, -0.15) is 0 Å². The predicted molar refractivity (Wildman–Crippen MR) is 73.4 cm³/mol. The Morgan fingerprint density at radius 1 is 0.889 bits per heavy atom. The summed E-state index contributed by atoms with van der Waals surface area (Å²) in [6.45, 7) is 0. The van der Waals surface area contributed by atoms with Crippen molar-refractivity contribution in [1.29, 1.82) is 0 Å². The molecule has 0 unspecified atom stereocenters. The quantitative estimate of drug-likeness (QED) is 0.517. The first-order valence-corrected chi connectivity index (χ1v) is 5.93. The highest BCUT2D eigenvalue weighted by molar-refractivity contribution is 6.11. The molecule has 0 spiro atoms. The van der Waals surface area contributed by atoms with E-state index in [0.717, 1.165) is 22.4 Å². The highest BCUT2D eigenvalue weighted by Gasteiger charge is 2.09. The largest absolute Gasteiger partial charge is 0.354 e. The molecule has 0 atom stereocenters. The van der Waals surface area contributed by atoms with Gasteiger partial charge in [0.15, 0.2) is 0 Å². The third-order valence-electron chi connectivity index (χ3n) is 3.29. The second-order valence-electron chi connectivity index (χ2n) is 4.34. The van der Waals surface area contributed by atoms with Crippen LogP contribution in [0.1, 0.15) is 0 Å². The normalized spacial score (nSPS) is 11.3. The lowest BCUT2D eigenvalue weighted by Crippen LogP contribution is -1.82. The summed E-state index contributed by atoms with van der Waals surface area (Å²) in [5, 5.41) is 2.49. The second-order valence-corrected chi connectivity index (χ2v) is 4.34. The number of imidazole rings is 1. The maximum Gasteiger partial charge on any atom is 0.139 e. The molecule has 0 fully saturated rings. The monoisotopic (exact) mass is 233 g/mol. The van der Waals surface area contributed by atoms with Crippen LogP contribution in [0.5, 0.6) is 0 Å². The van der Waals surface area contributed by atoms with Crippen LogP contribution in [0.25, 0.3) is 33.2 Å². The fourth-order valence-corrected chi connectivity index (χ4v) is 2.48. The van der Waals surface area contributed by atoms with Gasteiger partial charge in [-0.3, -0.25) is 0 Å². The van der Waals surface area contributed by atoms with Gasteiger partial charge in [0.2, 0.25) is 0 Å². The molecule has 0 aliphatic rings. The van der Waals surface area contributed by atoms with Crippen molar-refractivity contribution < 1.29 is 0 Å². The number of benzene rings is 2. The van der Waals surface area contributed by atoms with Gasteiger partial charge in [0.05, 0.1) is 5.52 Å². The Balaban J connectivity index is 2.17. The fourth-order valence-electron chi connectivity index (χ4n) is 2.48. The molecule has 0 radical (unpaired) electrons. The van der Waals surface area contributed by atoms with E-state index in [2.05, 4.69) is 51.4 Å². The first-order valence-electron chi connectivity index (χ1n) is 5.93. The lowest BCUT2D eigenvalue weighted by atomic mass is 10.1. The summed E-state index contributed by atoms with van der Waals surface area (Å²) in [4.78, 5) is 11.0. The van der Waals surface area contributed by atoms with Gasteiger partial charge < -0.3 is 9.97 Å². The molecule has 0 bridgehead atoms. The van der Waals surface area contributed by atoms with E-state index in [-0.39, 0.29) is 0 Å². The van der Waals surface area contributed by atoms with Crippen LogP contribution >= 0.6 is 0 Å². The molecule has 4 rings (SSSR count). The summed E-state index contributed by atoms with van der Waals surface area (Å²) in [6, 6.07) is 14.6. The summed E-state index contributed by atoms with van der Waals surface area (Å²) in [5.41, 5.74) is 3.40. The van der Waals surface area contributed by atoms with Crippen molar-refractivity contribution in [3.05, 3.63) is 54.9 Å². The number of hydrogen-bond donors (Lipinski definition) is 2. The zero-order chi connectivity index (χ0) is 11.9. The third-order valence-corrected chi connectivity index (χ3v) is 3.29. The highest BCUT2D eigenvalue weighted by Crippen LogP contribution is 2.31. The Hall–Kier alpha value is -2.55. The van der Waals surface area contributed by atoms with Gasteiger partial charge in [0.25, 0.3) is 0 Å². The summed E-state index contributed by atoms with van der Waals surface area (Å²) in [7, 11) is 0. The van der Waals surface area contributed by atoms with Gasteiger partial charge in [-0.25, -0.2) is 4.98 Å². The fraction of sp³-hybridized carbons (Fsp3) is 0. The summed E-state index contributed by atoms with van der Waals surface area (Å²) in [5.74, 6) is 0.896. The summed E-state index contributed by atoms with van der Waals surface area (Å²) in [6.07, 6.45) is 3.62. The molecule has 2 N–H and O–H groups in total. The smallest absolute Gasteiger partial charge is 0.139 e. The van der Waals surface area contributed by atoms with Crippen LogP contribution in [0.15, 0.2) is 54.9 Å². The van der Waals surface area contributed by atoms with Gasteiger partial charge in [0, 0.05) is 34.2 Å². The van der Waals surface area contributed by atoms with Crippen molar-refractivity contribution >= 4 is 21.8 Å². The molecule has 2 aromatic carbocycles. The molecule has 86 valence electrons. The number of H-pyrrole nitrogens is 2. The van der Waals surface area contributed by atoms with Crippen LogP contribution in [0.3, 0.4) is 0 Å². The summed E-state index contributed by atoms with van der Waals surface area (Å²) < 4.78 is 0. The first kappa shape index (κ1) is 9.48. The number of aromatic nitrogens is 3. The lowest BCUT2D eigenvalue weighted by molar-refractivity contribution is 1.31. The third kappa shape index (κ3) is 1.21. The molecular weight excluding hydrogens is 222 g/mol. The molecule has 0 amide bonds. The molecule has 0 aliphatic carbocycles. The minimum absolute atomic E-state index is 0.896. The molecule has 4 aromatic rings. The Morgan fingerprint density at radius 2 is 1.78 bits per heavy atom. The number of aromatic amines is 2. The second kappa shape index (κ2) is 3.47. The standard InChI is InChI=1S/C15H11N3/c1-2-7-13-10(4-1)11-5-3-6-12(14(11)18-13)15-16-8-9-17-15/h1-9,18H,(H,16,17). The zero-order valence-electron chi connectivity index (χ0n) is 9.64. The van der Waals surface area contributed by atoms with Crippen LogP contribution < -0.4 is 0 Å². The van der Waals surface area contributed by atoms with Crippen molar-refractivity contribution in [2.75, 3.05) is 0 Å². The predicted octanol–water partition coefficient (Wildman–Crippen LogP) is 3.71. The summed E-state index contributed by atoms with van der Waals surface area (Å²) >= 11 is 0. The average molecular weight is 233 g/mol. The van der Waals surface area contributed by atoms with Crippen LogP contribution in [-0.2, 0) is 0 Å². The molecule has 18 heavy (non-hydrogen) atoms. The Kier molecular flexibility index (Phi) is 1.83. The van der Waals surface area contributed by atoms with Crippen LogP contribution in [0.2, 0.25) is 0 Å². The van der Waals surface area contributed by atoms with Crippen molar-refractivity contribution in [2.45, 2.75) is 0 Å². The van der Waals surface area contributed by atoms with Crippen molar-refractivity contribution in [3.8, 4) is 11.4 Å². The number of rotatable bonds is 1. The lowest BCUT2D eigenvalue weighted by Gasteiger charge is -1.99. The number of nitrogens with one attached hydrogen (secondary N) is 2. The molecule has 3 nitrogen and oxygen atoms in total. The van der Waals surface area contributed by atoms with E-state index >= 15 is 0 Å². The van der Waals surface area contributed by atoms with E-state index in [1.165, 1.54) is 10.8 Å². The van der Waals surface area contributed by atoms with E-state index in [1.807, 2.05) is 12.3 Å². The number of para-hydroxylation sites is 2. The Labute approximate surface area is 103 Å². The van der Waals surface area contributed by atoms with Crippen molar-refractivity contribution in [2.24, 2.45) is 0 Å². The molecule has 2 aromatic heterocycles. The van der Waals surface area contributed by atoms with E-state index < -0.39 is 0 Å². The van der Waals surface area contributed by atoms with Gasteiger partial charge in [0.1, 0.15) is 5.82 Å². The SMILES string of the molecule is c1ccc2c(c1)[nH]c1c(-c3ncc[nH]3)cccc12. The number of nitrogens with zero attached hydrogens (tertiary/aromatic N) is 1. The molecule has 0 aliphatic heterocycles. The van der Waals surface area contributed by atoms with Crippen molar-refractivity contribution in [1.82, 2.24) is 15.0 Å². The highest BCUT2D eigenvalue weighted by atomic mass is 14.9. The van der Waals surface area contributed by atoms with E-state index in [0.29, 0.717) is 0 Å². The average Bonchev–Trinajstić information content (AvgIpc) is 3.05. The topological polar surface area (TPSA) is 44.5 Å². The van der Waals surface area contributed by atoms with Crippen LogP contribution in [-0.4, -0.2) is 15.0 Å². The molecule has 2 heterocycles. The first-order chi connectivity index (χ1) is 8.93. The van der Waals surface area contributed by atoms with E-state index in [1.54, 1.807) is 6.20 Å². The minimum atomic E-state index is 0.896. The Bertz CT molecular complexity index is 825. The zero-order valence-corrected chi connectivity index (χ0v) is 9.64. The van der Waals surface area contributed by atoms with Gasteiger partial charge in [-0.1, -0.05) is 30.3 Å². The van der Waals surface area contributed by atoms with E-state index in [4.69, 9.17) is 0 Å². The molecule has 0 saturated heterocycles. The number of hydrogen-bond acceptors (Lipinski definition) is 1. The number of fused-ring (bicyclic) bond motifs is 3. The molecule has 0 saturated carbocycles. The molecular formula is C15H11N3. The van der Waals surface area contributed by atoms with Gasteiger partial charge >= 0.3 is 0 Å². The van der Waals surface area contributed by atoms with Crippen molar-refractivity contribution in [3.63, 3.8) is 0 Å². The van der Waals surface area contributed by atoms with Crippen LogP contribution in [0, 0.1) is 0 Å².